The lowest BCUT2D eigenvalue weighted by Crippen LogP contribution is -2.27. The number of carbonyl (C=O) groups is 1. The molecule has 220 valence electrons. The third-order valence-corrected chi connectivity index (χ3v) is 8.45. The smallest absolute Gasteiger partial charge is 0.250 e. The molecule has 1 aromatic carbocycles. The van der Waals surface area contributed by atoms with Crippen LogP contribution in [-0.4, -0.2) is 49.3 Å². The van der Waals surface area contributed by atoms with Crippen LogP contribution in [-0.2, 0) is 11.8 Å². The van der Waals surface area contributed by atoms with Gasteiger partial charge < -0.3 is 14.2 Å². The summed E-state index contributed by atoms with van der Waals surface area (Å²) >= 11 is 1.39. The molecule has 0 saturated carbocycles. The van der Waals surface area contributed by atoms with Crippen LogP contribution in [0.4, 0.5) is 8.78 Å². The predicted molar refractivity (Wildman–Crippen MR) is 163 cm³/mol. The Hall–Kier alpha value is -4.64. The molecule has 0 N–H and O–H groups in total. The Bertz CT molecular complexity index is 1940. The van der Waals surface area contributed by atoms with Gasteiger partial charge in [0, 0.05) is 77.5 Å². The van der Waals surface area contributed by atoms with Gasteiger partial charge in [-0.2, -0.15) is 5.10 Å². The quantitative estimate of drug-likeness (QED) is 0.207. The summed E-state index contributed by atoms with van der Waals surface area (Å²) in [6, 6.07) is 7.16. The van der Waals surface area contributed by atoms with Crippen molar-refractivity contribution in [2.24, 2.45) is 7.05 Å². The highest BCUT2D eigenvalue weighted by molar-refractivity contribution is 7.18. The maximum absolute atomic E-state index is 15.8. The largest absolute Gasteiger partial charge is 0.490 e. The van der Waals surface area contributed by atoms with E-state index in [1.54, 1.807) is 42.9 Å². The number of thiophene rings is 1. The minimum Gasteiger partial charge on any atom is -0.490 e. The number of amides is 1. The molecule has 43 heavy (non-hydrogen) atoms. The Morgan fingerprint density at radius 1 is 1.16 bits per heavy atom. The van der Waals surface area contributed by atoms with E-state index in [0.717, 1.165) is 11.5 Å². The van der Waals surface area contributed by atoms with Crippen LogP contribution in [0.2, 0.25) is 0 Å². The van der Waals surface area contributed by atoms with Crippen molar-refractivity contribution in [1.82, 2.24) is 24.2 Å². The highest BCUT2D eigenvalue weighted by Crippen LogP contribution is 2.47. The van der Waals surface area contributed by atoms with Crippen LogP contribution in [0.1, 0.15) is 26.3 Å². The highest BCUT2D eigenvalue weighted by atomic mass is 32.1. The van der Waals surface area contributed by atoms with Gasteiger partial charge in [-0.15, -0.1) is 11.3 Å². The lowest BCUT2D eigenvalue weighted by Gasteiger charge is -2.19. The van der Waals surface area contributed by atoms with Crippen molar-refractivity contribution in [3.8, 4) is 39.4 Å². The van der Waals surface area contributed by atoms with E-state index >= 15 is 4.39 Å². The van der Waals surface area contributed by atoms with Gasteiger partial charge in [0.05, 0.1) is 35.3 Å². The van der Waals surface area contributed by atoms with Crippen molar-refractivity contribution in [2.75, 3.05) is 13.1 Å². The number of benzene rings is 1. The average Bonchev–Trinajstić information content (AvgIpc) is 3.74. The maximum atomic E-state index is 15.8. The highest BCUT2D eigenvalue weighted by Gasteiger charge is 2.29. The summed E-state index contributed by atoms with van der Waals surface area (Å²) in [5, 5.41) is 7.21. The van der Waals surface area contributed by atoms with Gasteiger partial charge in [-0.05, 0) is 43.9 Å². The van der Waals surface area contributed by atoms with Gasteiger partial charge in [0.25, 0.3) is 5.56 Å². The number of rotatable bonds is 7. The molecule has 1 saturated heterocycles. The molecule has 1 fully saturated rings. The number of ether oxygens (including phenoxy) is 1. The predicted octanol–water partition coefficient (Wildman–Crippen LogP) is 6.22. The average molecular weight is 602 g/mol. The van der Waals surface area contributed by atoms with Gasteiger partial charge in [0.1, 0.15) is 17.4 Å². The fourth-order valence-electron chi connectivity index (χ4n) is 5.47. The molecule has 5 aromatic rings. The lowest BCUT2D eigenvalue weighted by atomic mass is 9.96. The number of hydrogen-bond donors (Lipinski definition) is 0. The summed E-state index contributed by atoms with van der Waals surface area (Å²) in [6.45, 7) is 8.22. The van der Waals surface area contributed by atoms with Gasteiger partial charge in [-0.1, -0.05) is 6.58 Å². The summed E-state index contributed by atoms with van der Waals surface area (Å²) in [5.41, 5.74) is 2.52. The number of pyridine rings is 2. The Kier molecular flexibility index (Phi) is 7.43. The number of aryl methyl sites for hydroxylation is 1. The van der Waals surface area contributed by atoms with Crippen molar-refractivity contribution >= 4 is 27.3 Å². The van der Waals surface area contributed by atoms with Crippen molar-refractivity contribution in [2.45, 2.75) is 32.4 Å². The molecule has 6 rings (SSSR count). The normalized spacial score (nSPS) is 15.0. The minimum atomic E-state index is -0.781. The van der Waals surface area contributed by atoms with E-state index in [9.17, 15) is 14.0 Å². The molecule has 0 bridgehead atoms. The van der Waals surface area contributed by atoms with E-state index in [4.69, 9.17) is 9.72 Å². The summed E-state index contributed by atoms with van der Waals surface area (Å²) in [6.07, 6.45) is 6.82. The first-order chi connectivity index (χ1) is 20.6. The SMILES string of the molecule is C=CC(=O)N1CC[C@H](n2cc(-c3nc(-c4ccn(C)c(=O)c4)c4ccsc4c3-c3c(F)cc(F)cc3OC(C)C)cn2)C1. The third kappa shape index (κ3) is 5.25. The van der Waals surface area contributed by atoms with Crippen LogP contribution in [0.25, 0.3) is 43.7 Å². The maximum Gasteiger partial charge on any atom is 0.250 e. The zero-order valence-electron chi connectivity index (χ0n) is 23.9. The van der Waals surface area contributed by atoms with Crippen LogP contribution < -0.4 is 10.3 Å². The van der Waals surface area contributed by atoms with Crippen molar-refractivity contribution in [3.63, 3.8) is 0 Å². The summed E-state index contributed by atoms with van der Waals surface area (Å²) in [7, 11) is 1.67. The molecule has 0 spiro atoms. The lowest BCUT2D eigenvalue weighted by molar-refractivity contribution is -0.125. The summed E-state index contributed by atoms with van der Waals surface area (Å²) in [5.74, 6) is -1.60. The zero-order valence-corrected chi connectivity index (χ0v) is 24.7. The molecule has 1 aliphatic heterocycles. The zero-order chi connectivity index (χ0) is 30.4. The minimum absolute atomic E-state index is 0.0633. The van der Waals surface area contributed by atoms with E-state index in [-0.39, 0.29) is 34.9 Å². The van der Waals surface area contributed by atoms with Crippen LogP contribution in [0.5, 0.6) is 5.75 Å². The first-order valence-corrected chi connectivity index (χ1v) is 14.7. The number of nitrogens with zero attached hydrogens (tertiary/aromatic N) is 5. The van der Waals surface area contributed by atoms with Gasteiger partial charge in [-0.3, -0.25) is 14.3 Å². The van der Waals surface area contributed by atoms with Crippen molar-refractivity contribution < 1.29 is 18.3 Å². The molecule has 0 aliphatic carbocycles. The molecule has 5 heterocycles. The number of halogens is 2. The second-order valence-corrected chi connectivity index (χ2v) is 11.7. The number of carbonyl (C=O) groups excluding carboxylic acids is 1. The molecule has 1 aliphatic rings. The number of likely N-dealkylation sites (tertiary alicyclic amines) is 1. The van der Waals surface area contributed by atoms with Crippen LogP contribution in [0.15, 0.2) is 71.8 Å². The van der Waals surface area contributed by atoms with E-state index in [2.05, 4.69) is 11.7 Å². The Balaban J connectivity index is 1.60. The van der Waals surface area contributed by atoms with Crippen LogP contribution in [0.3, 0.4) is 0 Å². The van der Waals surface area contributed by atoms with Gasteiger partial charge in [0.15, 0.2) is 0 Å². The molecular weight excluding hydrogens is 572 g/mol. The molecule has 0 radical (unpaired) electrons. The van der Waals surface area contributed by atoms with E-state index in [1.165, 1.54) is 34.1 Å². The van der Waals surface area contributed by atoms with Gasteiger partial charge in [-0.25, -0.2) is 13.8 Å². The fraction of sp³-hybridized carbons (Fsp3) is 0.250. The number of hydrogen-bond acceptors (Lipinski definition) is 6. The fourth-order valence-corrected chi connectivity index (χ4v) is 6.42. The molecule has 4 aromatic heterocycles. The second-order valence-electron chi connectivity index (χ2n) is 10.8. The summed E-state index contributed by atoms with van der Waals surface area (Å²) < 4.78 is 40.2. The topological polar surface area (TPSA) is 82.2 Å². The van der Waals surface area contributed by atoms with Crippen LogP contribution in [0, 0.1) is 11.6 Å². The molecule has 1 atom stereocenters. The monoisotopic (exact) mass is 601 g/mol. The Morgan fingerprint density at radius 3 is 2.72 bits per heavy atom. The second kappa shape index (κ2) is 11.2. The molecule has 1 amide bonds. The summed E-state index contributed by atoms with van der Waals surface area (Å²) in [4.78, 5) is 31.5. The first-order valence-electron chi connectivity index (χ1n) is 13.8. The van der Waals surface area contributed by atoms with Gasteiger partial charge in [0.2, 0.25) is 5.91 Å². The van der Waals surface area contributed by atoms with E-state index < -0.39 is 11.6 Å². The molecule has 11 heteroatoms. The molecular formula is C32H29F2N5O3S. The van der Waals surface area contributed by atoms with E-state index in [1.807, 2.05) is 23.7 Å². The number of fused-ring (bicyclic) bond motifs is 1. The standard InChI is InChI=1S/C32H29F2N5O3S/c1-5-26(40)38-10-7-22(17-38)39-16-20(15-35-39)31-29(28-24(34)13-21(33)14-25(28)42-18(2)3)32-23(8-11-43-32)30(36-31)19-6-9-37(4)27(41)12-19/h5-6,8-9,11-16,18,22H,1,7,10,17H2,2-4H3/t22-/m0/s1. The number of aromatic nitrogens is 4. The van der Waals surface area contributed by atoms with Gasteiger partial charge >= 0.3 is 0 Å². The Morgan fingerprint density at radius 2 is 1.98 bits per heavy atom. The first kappa shape index (κ1) is 28.5. The Labute approximate surface area is 250 Å². The van der Waals surface area contributed by atoms with Crippen molar-refractivity contribution in [3.05, 3.63) is 88.9 Å². The van der Waals surface area contributed by atoms with Crippen molar-refractivity contribution in [1.29, 1.82) is 0 Å². The molecule has 0 unspecified atom stereocenters. The van der Waals surface area contributed by atoms with Crippen LogP contribution >= 0.6 is 11.3 Å². The molecule has 8 nitrogen and oxygen atoms in total. The third-order valence-electron chi connectivity index (χ3n) is 7.52. The van der Waals surface area contributed by atoms with E-state index in [0.29, 0.717) is 52.3 Å².